The molecule has 2 aromatic carbocycles. The van der Waals surface area contributed by atoms with Crippen molar-refractivity contribution in [3.05, 3.63) is 65.2 Å². The molecule has 0 saturated carbocycles. The monoisotopic (exact) mass is 313 g/mol. The van der Waals surface area contributed by atoms with E-state index in [-0.39, 0.29) is 12.0 Å². The van der Waals surface area contributed by atoms with Gasteiger partial charge in [-0.25, -0.2) is 0 Å². The Bertz CT molecular complexity index is 672. The number of hydrogen-bond donors (Lipinski definition) is 2. The molecule has 1 atom stereocenters. The van der Waals surface area contributed by atoms with E-state index in [1.807, 2.05) is 36.4 Å². The molecular weight excluding hydrogens is 290 g/mol. The second-order valence-electron chi connectivity index (χ2n) is 6.57. The quantitative estimate of drug-likeness (QED) is 0.891. The number of carbonyl (C=O) groups is 1. The zero-order valence-electron chi connectivity index (χ0n) is 13.7. The van der Waals surface area contributed by atoms with Gasteiger partial charge < -0.3 is 15.6 Å². The fraction of sp³-hybridized carbons (Fsp3) is 0.316. The van der Waals surface area contributed by atoms with E-state index in [9.17, 15) is 9.90 Å². The standard InChI is InChI=1S/C19H23NO3/c1-19(2,3)14-8-10-15(11-9-14)23-12-13-6-4-5-7-16(13)17(21)18(20)22/h4-11,17,21H,12H2,1-3H3,(H2,20,22). The summed E-state index contributed by atoms with van der Waals surface area (Å²) in [5.41, 5.74) is 7.71. The van der Waals surface area contributed by atoms with Crippen LogP contribution >= 0.6 is 0 Å². The summed E-state index contributed by atoms with van der Waals surface area (Å²) in [5, 5.41) is 9.87. The number of ether oxygens (including phenoxy) is 1. The molecule has 23 heavy (non-hydrogen) atoms. The number of amides is 1. The summed E-state index contributed by atoms with van der Waals surface area (Å²) in [6, 6.07) is 15.0. The van der Waals surface area contributed by atoms with Gasteiger partial charge in [-0.15, -0.1) is 0 Å². The molecule has 0 aliphatic heterocycles. The number of aliphatic hydroxyl groups excluding tert-OH is 1. The van der Waals surface area contributed by atoms with Crippen LogP contribution in [0.3, 0.4) is 0 Å². The molecule has 0 spiro atoms. The second kappa shape index (κ2) is 6.84. The Morgan fingerprint density at radius 2 is 1.74 bits per heavy atom. The molecule has 1 amide bonds. The third kappa shape index (κ3) is 4.33. The summed E-state index contributed by atoms with van der Waals surface area (Å²) in [6.45, 7) is 6.73. The zero-order valence-corrected chi connectivity index (χ0v) is 13.7. The molecule has 4 heteroatoms. The fourth-order valence-corrected chi connectivity index (χ4v) is 2.30. The Morgan fingerprint density at radius 3 is 2.30 bits per heavy atom. The summed E-state index contributed by atoms with van der Waals surface area (Å²) >= 11 is 0. The Kier molecular flexibility index (Phi) is 5.06. The van der Waals surface area contributed by atoms with Crippen LogP contribution in [-0.4, -0.2) is 11.0 Å². The Hall–Kier alpha value is -2.33. The van der Waals surface area contributed by atoms with Crippen LogP contribution in [0.2, 0.25) is 0 Å². The number of primary amides is 1. The molecule has 2 rings (SSSR count). The molecule has 122 valence electrons. The van der Waals surface area contributed by atoms with Crippen LogP contribution in [-0.2, 0) is 16.8 Å². The maximum Gasteiger partial charge on any atom is 0.250 e. The molecule has 0 heterocycles. The lowest BCUT2D eigenvalue weighted by Crippen LogP contribution is -2.22. The fourth-order valence-electron chi connectivity index (χ4n) is 2.30. The molecule has 0 saturated heterocycles. The lowest BCUT2D eigenvalue weighted by atomic mass is 9.87. The third-order valence-electron chi connectivity index (χ3n) is 3.73. The minimum absolute atomic E-state index is 0.0940. The van der Waals surface area contributed by atoms with Crippen molar-refractivity contribution in [1.29, 1.82) is 0 Å². The van der Waals surface area contributed by atoms with Gasteiger partial charge in [-0.3, -0.25) is 4.79 Å². The molecule has 2 aromatic rings. The van der Waals surface area contributed by atoms with Crippen LogP contribution in [0.4, 0.5) is 0 Å². The number of nitrogens with two attached hydrogens (primary N) is 1. The molecule has 1 unspecified atom stereocenters. The van der Waals surface area contributed by atoms with Gasteiger partial charge in [0, 0.05) is 0 Å². The lowest BCUT2D eigenvalue weighted by Gasteiger charge is -2.19. The van der Waals surface area contributed by atoms with Gasteiger partial charge >= 0.3 is 0 Å². The number of benzene rings is 2. The molecule has 0 aliphatic rings. The molecule has 0 aliphatic carbocycles. The summed E-state index contributed by atoms with van der Waals surface area (Å²) in [7, 11) is 0. The maximum atomic E-state index is 11.2. The normalized spacial score (nSPS) is 12.7. The van der Waals surface area contributed by atoms with E-state index in [0.29, 0.717) is 5.56 Å². The molecule has 3 N–H and O–H groups in total. The highest BCUT2D eigenvalue weighted by molar-refractivity contribution is 5.80. The minimum atomic E-state index is -1.32. The van der Waals surface area contributed by atoms with Crippen LogP contribution in [0.15, 0.2) is 48.5 Å². The molecule has 4 nitrogen and oxygen atoms in total. The van der Waals surface area contributed by atoms with Crippen molar-refractivity contribution in [1.82, 2.24) is 0 Å². The van der Waals surface area contributed by atoms with E-state index in [4.69, 9.17) is 10.5 Å². The van der Waals surface area contributed by atoms with Crippen molar-refractivity contribution in [2.75, 3.05) is 0 Å². The minimum Gasteiger partial charge on any atom is -0.489 e. The van der Waals surface area contributed by atoms with Crippen molar-refractivity contribution < 1.29 is 14.6 Å². The van der Waals surface area contributed by atoms with Crippen LogP contribution in [0, 0.1) is 0 Å². The average Bonchev–Trinajstić information content (AvgIpc) is 2.52. The first kappa shape index (κ1) is 17.0. The van der Waals surface area contributed by atoms with Gasteiger partial charge in [0.05, 0.1) is 0 Å². The van der Waals surface area contributed by atoms with E-state index in [1.54, 1.807) is 12.1 Å². The highest BCUT2D eigenvalue weighted by atomic mass is 16.5. The lowest BCUT2D eigenvalue weighted by molar-refractivity contribution is -0.126. The number of hydrogen-bond acceptors (Lipinski definition) is 3. The van der Waals surface area contributed by atoms with Gasteiger partial charge in [0.25, 0.3) is 5.91 Å². The molecular formula is C19H23NO3. The van der Waals surface area contributed by atoms with Crippen molar-refractivity contribution in [3.8, 4) is 5.75 Å². The molecule has 0 fully saturated rings. The SMILES string of the molecule is CC(C)(C)c1ccc(OCc2ccccc2C(O)C(N)=O)cc1. The van der Waals surface area contributed by atoms with E-state index >= 15 is 0 Å². The van der Waals surface area contributed by atoms with Crippen molar-refractivity contribution >= 4 is 5.91 Å². The number of aliphatic hydroxyl groups is 1. The van der Waals surface area contributed by atoms with Crippen LogP contribution in [0.1, 0.15) is 43.6 Å². The van der Waals surface area contributed by atoms with Gasteiger partial charge in [0.1, 0.15) is 12.4 Å². The zero-order chi connectivity index (χ0) is 17.0. The third-order valence-corrected chi connectivity index (χ3v) is 3.73. The van der Waals surface area contributed by atoms with Crippen LogP contribution < -0.4 is 10.5 Å². The predicted molar refractivity (Wildman–Crippen MR) is 90.1 cm³/mol. The molecule has 0 radical (unpaired) electrons. The van der Waals surface area contributed by atoms with Crippen LogP contribution in [0.5, 0.6) is 5.75 Å². The summed E-state index contributed by atoms with van der Waals surface area (Å²) in [4.78, 5) is 11.2. The first-order valence-corrected chi connectivity index (χ1v) is 7.57. The maximum absolute atomic E-state index is 11.2. The highest BCUT2D eigenvalue weighted by Gasteiger charge is 2.17. The number of rotatable bonds is 5. The van der Waals surface area contributed by atoms with E-state index in [0.717, 1.165) is 11.3 Å². The van der Waals surface area contributed by atoms with E-state index in [2.05, 4.69) is 20.8 Å². The summed E-state index contributed by atoms with van der Waals surface area (Å²) < 4.78 is 5.77. The van der Waals surface area contributed by atoms with Crippen molar-refractivity contribution in [2.45, 2.75) is 38.9 Å². The Labute approximate surface area is 136 Å². The second-order valence-corrected chi connectivity index (χ2v) is 6.57. The molecule has 0 aromatic heterocycles. The number of carbonyl (C=O) groups excluding carboxylic acids is 1. The Morgan fingerprint density at radius 1 is 1.13 bits per heavy atom. The summed E-state index contributed by atoms with van der Waals surface area (Å²) in [5.74, 6) is -0.0339. The van der Waals surface area contributed by atoms with Gasteiger partial charge in [-0.2, -0.15) is 0 Å². The van der Waals surface area contributed by atoms with Gasteiger partial charge in [-0.1, -0.05) is 57.2 Å². The topological polar surface area (TPSA) is 72.6 Å². The summed E-state index contributed by atoms with van der Waals surface area (Å²) in [6.07, 6.45) is -1.32. The Balaban J connectivity index is 2.11. The predicted octanol–water partition coefficient (Wildman–Crippen LogP) is 3.08. The molecule has 0 bridgehead atoms. The first-order chi connectivity index (χ1) is 10.8. The van der Waals surface area contributed by atoms with Crippen LogP contribution in [0.25, 0.3) is 0 Å². The average molecular weight is 313 g/mol. The van der Waals surface area contributed by atoms with Gasteiger partial charge in [0.2, 0.25) is 0 Å². The van der Waals surface area contributed by atoms with Crippen molar-refractivity contribution in [3.63, 3.8) is 0 Å². The van der Waals surface area contributed by atoms with E-state index in [1.165, 1.54) is 5.56 Å². The van der Waals surface area contributed by atoms with E-state index < -0.39 is 12.0 Å². The smallest absolute Gasteiger partial charge is 0.250 e. The van der Waals surface area contributed by atoms with Gasteiger partial charge in [-0.05, 0) is 34.2 Å². The van der Waals surface area contributed by atoms with Crippen molar-refractivity contribution in [2.24, 2.45) is 5.73 Å². The largest absolute Gasteiger partial charge is 0.489 e. The van der Waals surface area contributed by atoms with Gasteiger partial charge in [0.15, 0.2) is 6.10 Å². The highest BCUT2D eigenvalue weighted by Crippen LogP contribution is 2.25. The first-order valence-electron chi connectivity index (χ1n) is 7.57.